The van der Waals surface area contributed by atoms with Crippen LogP contribution in [-0.4, -0.2) is 86.0 Å². The number of carboxylic acids is 2. The Kier molecular flexibility index (Phi) is 26.1. The number of esters is 2. The normalized spacial score (nSPS) is 9.85. The van der Waals surface area contributed by atoms with Gasteiger partial charge in [-0.3, -0.25) is 0 Å². The molecule has 9 heteroatoms. The van der Waals surface area contributed by atoms with Crippen LogP contribution in [0.25, 0.3) is 0 Å². The van der Waals surface area contributed by atoms with Gasteiger partial charge in [0.2, 0.25) is 0 Å². The summed E-state index contributed by atoms with van der Waals surface area (Å²) in [4.78, 5) is 41.2. The number of rotatable bonds is 12. The van der Waals surface area contributed by atoms with Gasteiger partial charge in [0.05, 0.1) is 25.2 Å². The third kappa shape index (κ3) is 29.9. The maximum Gasteiger partial charge on any atom is 2.00 e. The van der Waals surface area contributed by atoms with E-state index in [-0.39, 0.29) is 48.9 Å². The molecule has 0 amide bonds. The maximum atomic E-state index is 10.7. The Morgan fingerprint density at radius 1 is 0.667 bits per heavy atom. The van der Waals surface area contributed by atoms with Crippen LogP contribution in [0.5, 0.6) is 0 Å². The second kappa shape index (κ2) is 23.0. The molecule has 27 heavy (non-hydrogen) atoms. The second-order valence-electron chi connectivity index (χ2n) is 5.05. The predicted molar refractivity (Wildman–Crippen MR) is 95.0 cm³/mol. The molecule has 0 aliphatic carbocycles. The van der Waals surface area contributed by atoms with Crippen molar-refractivity contribution in [2.45, 2.75) is 52.4 Å². The number of hydrogen-bond acceptors (Lipinski definition) is 8. The third-order valence-corrected chi connectivity index (χ3v) is 2.70. The summed E-state index contributed by atoms with van der Waals surface area (Å²) in [7, 11) is 0. The largest absolute Gasteiger partial charge is 2.00 e. The van der Waals surface area contributed by atoms with E-state index in [9.17, 15) is 29.4 Å². The molecule has 0 aliphatic rings. The van der Waals surface area contributed by atoms with Crippen molar-refractivity contribution < 1.29 is 38.9 Å². The Labute approximate surface area is 200 Å². The van der Waals surface area contributed by atoms with Crippen molar-refractivity contribution in [2.24, 2.45) is 0 Å². The van der Waals surface area contributed by atoms with Crippen LogP contribution in [0, 0.1) is 0 Å². The first-order valence-corrected chi connectivity index (χ1v) is 8.45. The molecule has 148 valence electrons. The van der Waals surface area contributed by atoms with E-state index in [1.807, 2.05) is 13.8 Å². The molecule has 0 fully saturated rings. The van der Waals surface area contributed by atoms with Gasteiger partial charge >= 0.3 is 60.8 Å². The number of carboxylic acid groups (broad SMARTS) is 2. The summed E-state index contributed by atoms with van der Waals surface area (Å²) in [6.45, 7) is 4.75. The summed E-state index contributed by atoms with van der Waals surface area (Å²) in [5.41, 5.74) is 0. The van der Waals surface area contributed by atoms with Crippen molar-refractivity contribution in [1.82, 2.24) is 0 Å². The van der Waals surface area contributed by atoms with Gasteiger partial charge in [0, 0.05) is 12.2 Å². The summed E-state index contributed by atoms with van der Waals surface area (Å²) in [6, 6.07) is 0. The zero-order chi connectivity index (χ0) is 20.2. The molecule has 0 spiro atoms. The summed E-state index contributed by atoms with van der Waals surface area (Å²) in [5, 5.41) is 19.7. The fourth-order valence-corrected chi connectivity index (χ4v) is 1.42. The van der Waals surface area contributed by atoms with Gasteiger partial charge in [-0.2, -0.15) is 0 Å². The number of unbranched alkanes of at least 4 members (excludes halogenated alkanes) is 4. The average Bonchev–Trinajstić information content (AvgIpc) is 2.59. The van der Waals surface area contributed by atoms with Crippen LogP contribution in [0.2, 0.25) is 0 Å². The fourth-order valence-electron chi connectivity index (χ4n) is 1.42. The van der Waals surface area contributed by atoms with Crippen LogP contribution >= 0.6 is 0 Å². The quantitative estimate of drug-likeness (QED) is 0.152. The molecule has 0 bridgehead atoms. The maximum absolute atomic E-state index is 10.7. The first kappa shape index (κ1) is 30.7. The van der Waals surface area contributed by atoms with Crippen molar-refractivity contribution >= 4 is 72.8 Å². The van der Waals surface area contributed by atoms with Crippen LogP contribution in [0.4, 0.5) is 0 Å². The molecule has 0 aliphatic heterocycles. The molecular weight excluding hydrogens is 482 g/mol. The van der Waals surface area contributed by atoms with Crippen LogP contribution < -0.4 is 10.2 Å². The molecule has 0 aromatic rings. The Balaban J connectivity index is -0.000000411. The van der Waals surface area contributed by atoms with E-state index in [1.54, 1.807) is 0 Å². The third-order valence-electron chi connectivity index (χ3n) is 2.70. The summed E-state index contributed by atoms with van der Waals surface area (Å²) >= 11 is 0. The Bertz CT molecular complexity index is 442. The SMILES string of the molecule is CCCCCOC(=O)/C=C\C(=O)[O-].CCCCCOC(=O)/C=C\C(=O)[O-].[Ba+2]. The zero-order valence-electron chi connectivity index (χ0n) is 15.9. The van der Waals surface area contributed by atoms with Crippen LogP contribution in [0.3, 0.4) is 0 Å². The Hall–Kier alpha value is -1.07. The number of ether oxygens (including phenoxy) is 2. The van der Waals surface area contributed by atoms with Crippen LogP contribution in [-0.2, 0) is 28.7 Å². The zero-order valence-corrected chi connectivity index (χ0v) is 20.4. The molecule has 0 atom stereocenters. The van der Waals surface area contributed by atoms with Gasteiger partial charge in [0.25, 0.3) is 0 Å². The van der Waals surface area contributed by atoms with E-state index in [4.69, 9.17) is 0 Å². The van der Waals surface area contributed by atoms with E-state index in [0.29, 0.717) is 25.4 Å². The molecule has 0 saturated heterocycles. The molecule has 0 heterocycles. The molecule has 0 rings (SSSR count). The monoisotopic (exact) mass is 508 g/mol. The van der Waals surface area contributed by atoms with E-state index in [0.717, 1.165) is 50.7 Å². The van der Waals surface area contributed by atoms with E-state index in [2.05, 4.69) is 9.47 Å². The van der Waals surface area contributed by atoms with Gasteiger partial charge in [-0.05, 0) is 25.0 Å². The van der Waals surface area contributed by atoms with Gasteiger partial charge in [-0.1, -0.05) is 39.5 Å². The first-order chi connectivity index (χ1) is 12.3. The average molecular weight is 508 g/mol. The standard InChI is InChI=1S/2C9H14O4.Ba/c2*1-2-3-4-7-13-9(12)6-5-8(10)11;/h2*5-6H,2-4,7H2,1H3,(H,10,11);/q;;+2/p-2/b2*6-5-;. The molecule has 0 N–H and O–H groups in total. The van der Waals surface area contributed by atoms with Crippen LogP contribution in [0.1, 0.15) is 52.4 Å². The van der Waals surface area contributed by atoms with Gasteiger partial charge in [-0.15, -0.1) is 0 Å². The Morgan fingerprint density at radius 2 is 1.00 bits per heavy atom. The molecule has 0 radical (unpaired) electrons. The van der Waals surface area contributed by atoms with Gasteiger partial charge < -0.3 is 29.3 Å². The molecule has 0 saturated carbocycles. The molecular formula is C18H26BaO8. The van der Waals surface area contributed by atoms with Crippen molar-refractivity contribution in [3.63, 3.8) is 0 Å². The van der Waals surface area contributed by atoms with Gasteiger partial charge in [0.15, 0.2) is 0 Å². The Morgan fingerprint density at radius 3 is 1.26 bits per heavy atom. The number of aliphatic carboxylic acids is 2. The number of hydrogen-bond donors (Lipinski definition) is 0. The number of carbonyl (C=O) groups is 4. The van der Waals surface area contributed by atoms with Crippen molar-refractivity contribution in [2.75, 3.05) is 13.2 Å². The minimum absolute atomic E-state index is 0. The molecule has 0 aromatic carbocycles. The molecule has 0 aromatic heterocycles. The minimum atomic E-state index is -1.40. The minimum Gasteiger partial charge on any atom is -0.545 e. The van der Waals surface area contributed by atoms with E-state index < -0.39 is 23.9 Å². The second-order valence-corrected chi connectivity index (χ2v) is 5.05. The predicted octanol–water partition coefficient (Wildman–Crippen LogP) is -0.329. The smallest absolute Gasteiger partial charge is 0.545 e. The summed E-state index contributed by atoms with van der Waals surface area (Å²) in [5.74, 6) is -4.07. The van der Waals surface area contributed by atoms with E-state index >= 15 is 0 Å². The van der Waals surface area contributed by atoms with Gasteiger partial charge in [0.1, 0.15) is 0 Å². The summed E-state index contributed by atoms with van der Waals surface area (Å²) in [6.07, 6.45) is 8.71. The summed E-state index contributed by atoms with van der Waals surface area (Å²) < 4.78 is 9.36. The van der Waals surface area contributed by atoms with Crippen molar-refractivity contribution in [3.05, 3.63) is 24.3 Å². The van der Waals surface area contributed by atoms with E-state index in [1.165, 1.54) is 0 Å². The molecule has 8 nitrogen and oxygen atoms in total. The van der Waals surface area contributed by atoms with Crippen LogP contribution in [0.15, 0.2) is 24.3 Å². The topological polar surface area (TPSA) is 133 Å². The first-order valence-electron chi connectivity index (χ1n) is 8.45. The fraction of sp³-hybridized carbons (Fsp3) is 0.556. The van der Waals surface area contributed by atoms with Gasteiger partial charge in [-0.25, -0.2) is 9.59 Å². The van der Waals surface area contributed by atoms with Crippen molar-refractivity contribution in [1.29, 1.82) is 0 Å². The molecule has 0 unspecified atom stereocenters. The number of carbonyl (C=O) groups excluding carboxylic acids is 4. The van der Waals surface area contributed by atoms with Crippen molar-refractivity contribution in [3.8, 4) is 0 Å².